The van der Waals surface area contributed by atoms with E-state index in [0.29, 0.717) is 22.2 Å². The normalized spacial score (nSPS) is 11.7. The predicted octanol–water partition coefficient (Wildman–Crippen LogP) is 4.58. The van der Waals surface area contributed by atoms with Gasteiger partial charge >= 0.3 is 0 Å². The molecule has 0 aliphatic carbocycles. The van der Waals surface area contributed by atoms with Crippen LogP contribution in [0.5, 0.6) is 0 Å². The topological polar surface area (TPSA) is 49.4 Å². The lowest BCUT2D eigenvalue weighted by Crippen LogP contribution is -2.37. The van der Waals surface area contributed by atoms with Crippen molar-refractivity contribution in [3.8, 4) is 0 Å². The molecule has 0 bridgehead atoms. The Morgan fingerprint density at radius 1 is 1.04 bits per heavy atom. The molecule has 2 amide bonds. The molecule has 1 unspecified atom stereocenters. The van der Waals surface area contributed by atoms with Gasteiger partial charge in [0.05, 0.1) is 28.2 Å². The van der Waals surface area contributed by atoms with Gasteiger partial charge < -0.3 is 10.2 Å². The highest BCUT2D eigenvalue weighted by Gasteiger charge is 2.23. The summed E-state index contributed by atoms with van der Waals surface area (Å²) >= 11 is 12.1. The van der Waals surface area contributed by atoms with Gasteiger partial charge in [-0.3, -0.25) is 9.59 Å². The van der Waals surface area contributed by atoms with Crippen molar-refractivity contribution >= 4 is 40.7 Å². The van der Waals surface area contributed by atoms with Gasteiger partial charge in [0.2, 0.25) is 11.8 Å². The van der Waals surface area contributed by atoms with E-state index >= 15 is 0 Å². The number of anilines is 1. The average Bonchev–Trinajstić information content (AvgIpc) is 2.59. The maximum absolute atomic E-state index is 12.7. The first kappa shape index (κ1) is 19.3. The number of para-hydroxylation sites is 1. The van der Waals surface area contributed by atoms with Crippen LogP contribution >= 0.6 is 23.2 Å². The average molecular weight is 379 g/mol. The fourth-order valence-electron chi connectivity index (χ4n) is 2.59. The number of carbonyl (C=O) groups is 2. The first-order valence-electron chi connectivity index (χ1n) is 7.97. The minimum Gasteiger partial charge on any atom is -0.336 e. The molecule has 0 fully saturated rings. The Labute approximate surface area is 157 Å². The fraction of sp³-hybridized carbons (Fsp3) is 0.263. The number of amides is 2. The van der Waals surface area contributed by atoms with E-state index in [1.54, 1.807) is 25.2 Å². The van der Waals surface area contributed by atoms with Crippen molar-refractivity contribution in [1.29, 1.82) is 0 Å². The van der Waals surface area contributed by atoms with Gasteiger partial charge in [-0.15, -0.1) is 0 Å². The van der Waals surface area contributed by atoms with E-state index < -0.39 is 0 Å². The minimum absolute atomic E-state index is 0.0796. The van der Waals surface area contributed by atoms with Crippen molar-refractivity contribution in [3.63, 3.8) is 0 Å². The lowest BCUT2D eigenvalue weighted by atomic mass is 9.95. The molecule has 1 atom stereocenters. The number of carbonyl (C=O) groups excluding carboxylic acids is 2. The second kappa shape index (κ2) is 8.88. The van der Waals surface area contributed by atoms with Crippen LogP contribution in [0.25, 0.3) is 0 Å². The molecule has 25 heavy (non-hydrogen) atoms. The van der Waals surface area contributed by atoms with Crippen LogP contribution in [-0.4, -0.2) is 30.3 Å². The summed E-state index contributed by atoms with van der Waals surface area (Å²) in [6.45, 7) is 1.87. The molecule has 4 nitrogen and oxygen atoms in total. The smallest absolute Gasteiger partial charge is 0.244 e. The fourth-order valence-corrected chi connectivity index (χ4v) is 3.09. The molecule has 0 heterocycles. The van der Waals surface area contributed by atoms with Crippen molar-refractivity contribution in [2.45, 2.75) is 19.3 Å². The summed E-state index contributed by atoms with van der Waals surface area (Å²) in [6, 6.07) is 14.5. The van der Waals surface area contributed by atoms with E-state index in [1.165, 1.54) is 4.90 Å². The number of nitrogens with zero attached hydrogens (tertiary/aromatic N) is 1. The quantitative estimate of drug-likeness (QED) is 0.799. The van der Waals surface area contributed by atoms with Crippen molar-refractivity contribution in [2.75, 3.05) is 18.9 Å². The summed E-state index contributed by atoms with van der Waals surface area (Å²) in [7, 11) is 1.61. The Morgan fingerprint density at radius 2 is 1.64 bits per heavy atom. The monoisotopic (exact) mass is 378 g/mol. The molecule has 0 spiro atoms. The minimum atomic E-state index is -0.353. The molecule has 132 valence electrons. The molecule has 2 aromatic carbocycles. The third kappa shape index (κ3) is 4.97. The molecule has 2 rings (SSSR count). The van der Waals surface area contributed by atoms with Crippen LogP contribution in [0.2, 0.25) is 10.0 Å². The van der Waals surface area contributed by atoms with Crippen molar-refractivity contribution in [3.05, 3.63) is 64.1 Å². The molecule has 6 heteroatoms. The molecule has 1 N–H and O–H groups in total. The maximum Gasteiger partial charge on any atom is 0.244 e. The number of likely N-dealkylation sites (N-methyl/N-ethyl adjacent to an activating group) is 1. The van der Waals surface area contributed by atoms with Crippen LogP contribution in [-0.2, 0) is 9.59 Å². The van der Waals surface area contributed by atoms with Gasteiger partial charge in [-0.25, -0.2) is 0 Å². The number of halogens is 2. The van der Waals surface area contributed by atoms with E-state index in [2.05, 4.69) is 5.32 Å². The van der Waals surface area contributed by atoms with Gasteiger partial charge in [0.25, 0.3) is 0 Å². The van der Waals surface area contributed by atoms with E-state index in [9.17, 15) is 9.59 Å². The molecule has 0 radical (unpaired) electrons. The Kier molecular flexibility index (Phi) is 6.85. The largest absolute Gasteiger partial charge is 0.336 e. The highest BCUT2D eigenvalue weighted by molar-refractivity contribution is 6.39. The molecular weight excluding hydrogens is 359 g/mol. The molecule has 2 aromatic rings. The second-order valence-corrected chi connectivity index (χ2v) is 6.53. The summed E-state index contributed by atoms with van der Waals surface area (Å²) < 4.78 is 0. The first-order chi connectivity index (χ1) is 11.9. The first-order valence-corrected chi connectivity index (χ1v) is 8.73. The second-order valence-electron chi connectivity index (χ2n) is 5.71. The summed E-state index contributed by atoms with van der Waals surface area (Å²) in [4.78, 5) is 26.4. The van der Waals surface area contributed by atoms with Crippen molar-refractivity contribution in [1.82, 2.24) is 4.90 Å². The number of benzene rings is 2. The van der Waals surface area contributed by atoms with Gasteiger partial charge in [0.15, 0.2) is 0 Å². The third-order valence-electron chi connectivity index (χ3n) is 3.89. The van der Waals surface area contributed by atoms with Gasteiger partial charge in [0, 0.05) is 7.05 Å². The summed E-state index contributed by atoms with van der Waals surface area (Å²) in [6.07, 6.45) is 0.658. The van der Waals surface area contributed by atoms with E-state index in [0.717, 1.165) is 5.56 Å². The summed E-state index contributed by atoms with van der Waals surface area (Å²) in [5.74, 6) is -0.731. The zero-order valence-electron chi connectivity index (χ0n) is 14.1. The van der Waals surface area contributed by atoms with Crippen LogP contribution in [0.3, 0.4) is 0 Å². The predicted molar refractivity (Wildman–Crippen MR) is 102 cm³/mol. The highest BCUT2D eigenvalue weighted by atomic mass is 35.5. The highest BCUT2D eigenvalue weighted by Crippen LogP contribution is 2.29. The van der Waals surface area contributed by atoms with Crippen LogP contribution < -0.4 is 5.32 Å². The SMILES string of the molecule is CCC(C(=O)N(C)CC(=O)Nc1c(Cl)cccc1Cl)c1ccccc1. The third-order valence-corrected chi connectivity index (χ3v) is 4.52. The Bertz CT molecular complexity index is 730. The maximum atomic E-state index is 12.7. The van der Waals surface area contributed by atoms with Crippen LogP contribution in [0.15, 0.2) is 48.5 Å². The molecule has 0 saturated carbocycles. The molecule has 0 aliphatic heterocycles. The zero-order valence-corrected chi connectivity index (χ0v) is 15.6. The van der Waals surface area contributed by atoms with Gasteiger partial charge in [-0.1, -0.05) is 66.5 Å². The summed E-state index contributed by atoms with van der Waals surface area (Å²) in [5, 5.41) is 3.37. The van der Waals surface area contributed by atoms with E-state index in [1.807, 2.05) is 37.3 Å². The number of hydrogen-bond donors (Lipinski definition) is 1. The van der Waals surface area contributed by atoms with Gasteiger partial charge in [-0.05, 0) is 24.1 Å². The Balaban J connectivity index is 2.04. The summed E-state index contributed by atoms with van der Waals surface area (Å²) in [5.41, 5.74) is 1.29. The van der Waals surface area contributed by atoms with Gasteiger partial charge in [0.1, 0.15) is 0 Å². The van der Waals surface area contributed by atoms with Crippen molar-refractivity contribution in [2.24, 2.45) is 0 Å². The molecular formula is C19H20Cl2N2O2. The van der Waals surface area contributed by atoms with E-state index in [-0.39, 0.29) is 24.3 Å². The zero-order chi connectivity index (χ0) is 18.4. The van der Waals surface area contributed by atoms with Crippen LogP contribution in [0.4, 0.5) is 5.69 Å². The van der Waals surface area contributed by atoms with Crippen LogP contribution in [0, 0.1) is 0 Å². The number of rotatable bonds is 6. The van der Waals surface area contributed by atoms with Crippen LogP contribution in [0.1, 0.15) is 24.8 Å². The molecule has 0 aromatic heterocycles. The van der Waals surface area contributed by atoms with E-state index in [4.69, 9.17) is 23.2 Å². The Hall–Kier alpha value is -2.04. The number of nitrogens with one attached hydrogen (secondary N) is 1. The number of hydrogen-bond acceptors (Lipinski definition) is 2. The lowest BCUT2D eigenvalue weighted by Gasteiger charge is -2.23. The van der Waals surface area contributed by atoms with Crippen molar-refractivity contribution < 1.29 is 9.59 Å². The standard InChI is InChI=1S/C19H20Cl2N2O2/c1-3-14(13-8-5-4-6-9-13)19(25)23(2)12-17(24)22-18-15(20)10-7-11-16(18)21/h4-11,14H,3,12H2,1-2H3,(H,22,24). The Morgan fingerprint density at radius 3 is 2.20 bits per heavy atom. The lowest BCUT2D eigenvalue weighted by molar-refractivity contribution is -0.134. The molecule has 0 saturated heterocycles. The molecule has 0 aliphatic rings. The van der Waals surface area contributed by atoms with Gasteiger partial charge in [-0.2, -0.15) is 0 Å².